The molecular formula is C14H17N3O3. The van der Waals surface area contributed by atoms with E-state index in [1.165, 1.54) is 0 Å². The van der Waals surface area contributed by atoms with Crippen LogP contribution in [0.2, 0.25) is 0 Å². The minimum Gasteiger partial charge on any atom is -0.497 e. The molecule has 0 aliphatic carbocycles. The van der Waals surface area contributed by atoms with E-state index in [-0.39, 0.29) is 6.10 Å². The summed E-state index contributed by atoms with van der Waals surface area (Å²) in [6.07, 6.45) is 3.03. The maximum atomic E-state index is 5.97. The molecule has 20 heavy (non-hydrogen) atoms. The molecule has 3 rings (SSSR count). The lowest BCUT2D eigenvalue weighted by Gasteiger charge is -2.04. The zero-order chi connectivity index (χ0) is 13.9. The summed E-state index contributed by atoms with van der Waals surface area (Å²) in [5.41, 5.74) is 7.24. The molecule has 0 amide bonds. The van der Waals surface area contributed by atoms with Crippen molar-refractivity contribution in [2.45, 2.75) is 25.4 Å². The summed E-state index contributed by atoms with van der Waals surface area (Å²) in [6, 6.07) is 5.37. The molecule has 1 unspecified atom stereocenters. The zero-order valence-electron chi connectivity index (χ0n) is 11.3. The van der Waals surface area contributed by atoms with Crippen LogP contribution < -0.4 is 10.5 Å². The molecular weight excluding hydrogens is 258 g/mol. The zero-order valence-corrected chi connectivity index (χ0v) is 11.3. The third-order valence-corrected chi connectivity index (χ3v) is 3.39. The summed E-state index contributed by atoms with van der Waals surface area (Å²) in [7, 11) is 1.60. The average Bonchev–Trinajstić information content (AvgIpc) is 3.11. The minimum atomic E-state index is 0.202. The molecule has 1 saturated heterocycles. The molecule has 6 heteroatoms. The molecule has 0 spiro atoms. The number of anilines is 1. The van der Waals surface area contributed by atoms with Crippen molar-refractivity contribution in [1.29, 1.82) is 0 Å². The normalized spacial score (nSPS) is 18.4. The highest BCUT2D eigenvalue weighted by atomic mass is 16.5. The van der Waals surface area contributed by atoms with Crippen LogP contribution in [0.1, 0.15) is 18.7 Å². The Labute approximate surface area is 116 Å². The van der Waals surface area contributed by atoms with Gasteiger partial charge in [-0.3, -0.25) is 0 Å². The topological polar surface area (TPSA) is 83.4 Å². The van der Waals surface area contributed by atoms with Crippen molar-refractivity contribution in [1.82, 2.24) is 10.1 Å². The van der Waals surface area contributed by atoms with Crippen LogP contribution in [-0.2, 0) is 11.2 Å². The quantitative estimate of drug-likeness (QED) is 0.860. The number of nitrogens with zero attached hydrogens (tertiary/aromatic N) is 2. The van der Waals surface area contributed by atoms with Crippen LogP contribution in [0.15, 0.2) is 22.7 Å². The first-order valence-corrected chi connectivity index (χ1v) is 6.64. The van der Waals surface area contributed by atoms with Crippen molar-refractivity contribution < 1.29 is 14.0 Å². The molecule has 2 heterocycles. The number of methoxy groups -OCH3 is 1. The van der Waals surface area contributed by atoms with Gasteiger partial charge in [0.05, 0.1) is 18.8 Å². The SMILES string of the molecule is COc1ccc(-c2nc(CC3CCCO3)no2)c(N)c1. The molecule has 1 atom stereocenters. The Hall–Kier alpha value is -2.08. The van der Waals surface area contributed by atoms with E-state index in [0.717, 1.165) is 25.0 Å². The van der Waals surface area contributed by atoms with E-state index in [9.17, 15) is 0 Å². The van der Waals surface area contributed by atoms with Gasteiger partial charge in [-0.25, -0.2) is 0 Å². The Balaban J connectivity index is 1.78. The van der Waals surface area contributed by atoms with Crippen molar-refractivity contribution in [2.24, 2.45) is 0 Å². The number of nitrogens with two attached hydrogens (primary N) is 1. The largest absolute Gasteiger partial charge is 0.497 e. The van der Waals surface area contributed by atoms with E-state index in [2.05, 4.69) is 10.1 Å². The Morgan fingerprint density at radius 3 is 3.05 bits per heavy atom. The minimum absolute atomic E-state index is 0.202. The molecule has 1 aromatic carbocycles. The number of benzene rings is 1. The molecule has 0 radical (unpaired) electrons. The van der Waals surface area contributed by atoms with E-state index in [1.807, 2.05) is 12.1 Å². The first-order valence-electron chi connectivity index (χ1n) is 6.64. The van der Waals surface area contributed by atoms with E-state index in [0.29, 0.717) is 29.6 Å². The van der Waals surface area contributed by atoms with Crippen molar-refractivity contribution in [3.05, 3.63) is 24.0 Å². The predicted octanol–water partition coefficient (Wildman–Crippen LogP) is 2.05. The summed E-state index contributed by atoms with van der Waals surface area (Å²) in [4.78, 5) is 4.38. The van der Waals surface area contributed by atoms with Crippen molar-refractivity contribution in [3.63, 3.8) is 0 Å². The standard InChI is InChI=1S/C14H17N3O3/c1-18-9-4-5-11(12(15)7-9)14-16-13(17-20-14)8-10-3-2-6-19-10/h4-5,7,10H,2-3,6,8,15H2,1H3. The highest BCUT2D eigenvalue weighted by molar-refractivity contribution is 5.71. The van der Waals surface area contributed by atoms with Crippen LogP contribution in [0.4, 0.5) is 5.69 Å². The van der Waals surface area contributed by atoms with E-state index in [1.54, 1.807) is 13.2 Å². The Morgan fingerprint density at radius 2 is 2.35 bits per heavy atom. The second-order valence-electron chi connectivity index (χ2n) is 4.81. The number of hydrogen-bond donors (Lipinski definition) is 1. The second kappa shape index (κ2) is 5.50. The Bertz CT molecular complexity index is 591. The number of hydrogen-bond acceptors (Lipinski definition) is 6. The second-order valence-corrected chi connectivity index (χ2v) is 4.81. The van der Waals surface area contributed by atoms with E-state index in [4.69, 9.17) is 19.7 Å². The van der Waals surface area contributed by atoms with Gasteiger partial charge >= 0.3 is 0 Å². The van der Waals surface area contributed by atoms with Gasteiger partial charge in [0.2, 0.25) is 0 Å². The molecule has 1 aromatic heterocycles. The number of rotatable bonds is 4. The van der Waals surface area contributed by atoms with E-state index < -0.39 is 0 Å². The van der Waals surface area contributed by atoms with Gasteiger partial charge in [-0.15, -0.1) is 0 Å². The van der Waals surface area contributed by atoms with Crippen molar-refractivity contribution in [3.8, 4) is 17.2 Å². The summed E-state index contributed by atoms with van der Waals surface area (Å²) >= 11 is 0. The number of ether oxygens (including phenoxy) is 2. The van der Waals surface area contributed by atoms with Gasteiger partial charge in [0.25, 0.3) is 5.89 Å². The van der Waals surface area contributed by atoms with Crippen LogP contribution in [0.3, 0.4) is 0 Å². The maximum absolute atomic E-state index is 5.97. The summed E-state index contributed by atoms with van der Waals surface area (Å²) in [5, 5.41) is 3.99. The lowest BCUT2D eigenvalue weighted by atomic mass is 10.1. The van der Waals surface area contributed by atoms with Crippen molar-refractivity contribution in [2.75, 3.05) is 19.5 Å². The molecule has 6 nitrogen and oxygen atoms in total. The lowest BCUT2D eigenvalue weighted by Crippen LogP contribution is -2.09. The monoisotopic (exact) mass is 275 g/mol. The number of aromatic nitrogens is 2. The Morgan fingerprint density at radius 1 is 1.45 bits per heavy atom. The lowest BCUT2D eigenvalue weighted by molar-refractivity contribution is 0.109. The van der Waals surface area contributed by atoms with Crippen molar-refractivity contribution >= 4 is 5.69 Å². The van der Waals surface area contributed by atoms with Crippen LogP contribution in [0.5, 0.6) is 5.75 Å². The van der Waals surface area contributed by atoms with Gasteiger partial charge in [-0.05, 0) is 25.0 Å². The smallest absolute Gasteiger partial charge is 0.260 e. The van der Waals surface area contributed by atoms with Gasteiger partial charge < -0.3 is 19.7 Å². The van der Waals surface area contributed by atoms with Crippen LogP contribution in [-0.4, -0.2) is 30.0 Å². The average molecular weight is 275 g/mol. The fourth-order valence-corrected chi connectivity index (χ4v) is 2.32. The fourth-order valence-electron chi connectivity index (χ4n) is 2.32. The van der Waals surface area contributed by atoms with Gasteiger partial charge in [-0.1, -0.05) is 5.16 Å². The molecule has 2 N–H and O–H groups in total. The summed E-state index contributed by atoms with van der Waals surface area (Å²) in [6.45, 7) is 0.820. The van der Waals surface area contributed by atoms with Gasteiger partial charge in [0, 0.05) is 24.8 Å². The molecule has 2 aromatic rings. The third kappa shape index (κ3) is 2.60. The van der Waals surface area contributed by atoms with Crippen LogP contribution in [0.25, 0.3) is 11.5 Å². The van der Waals surface area contributed by atoms with E-state index >= 15 is 0 Å². The fraction of sp³-hybridized carbons (Fsp3) is 0.429. The summed E-state index contributed by atoms with van der Waals surface area (Å²) in [5.74, 6) is 1.78. The molecule has 0 bridgehead atoms. The van der Waals surface area contributed by atoms with Gasteiger partial charge in [0.1, 0.15) is 5.75 Å². The highest BCUT2D eigenvalue weighted by Crippen LogP contribution is 2.28. The third-order valence-electron chi connectivity index (χ3n) is 3.39. The molecule has 0 saturated carbocycles. The first-order chi connectivity index (χ1) is 9.76. The summed E-state index contributed by atoms with van der Waals surface area (Å²) < 4.78 is 16.0. The highest BCUT2D eigenvalue weighted by Gasteiger charge is 2.20. The van der Waals surface area contributed by atoms with Crippen LogP contribution >= 0.6 is 0 Å². The molecule has 1 fully saturated rings. The van der Waals surface area contributed by atoms with Crippen LogP contribution in [0, 0.1) is 0 Å². The van der Waals surface area contributed by atoms with Gasteiger partial charge in [-0.2, -0.15) is 4.98 Å². The molecule has 1 aliphatic heterocycles. The number of nitrogen functional groups attached to an aromatic ring is 1. The Kier molecular flexibility index (Phi) is 3.56. The maximum Gasteiger partial charge on any atom is 0.260 e. The first kappa shape index (κ1) is 12.9. The van der Waals surface area contributed by atoms with Gasteiger partial charge in [0.15, 0.2) is 5.82 Å². The molecule has 106 valence electrons. The molecule has 1 aliphatic rings. The predicted molar refractivity (Wildman–Crippen MR) is 73.4 cm³/mol.